The number of hydrogen-bond donors (Lipinski definition) is 0. The molecule has 0 N–H and O–H groups in total. The summed E-state index contributed by atoms with van der Waals surface area (Å²) in [5.74, 6) is -0.170. The van der Waals surface area contributed by atoms with Crippen LogP contribution >= 0.6 is 15.9 Å². The number of hydrogen-bond acceptors (Lipinski definition) is 3. The van der Waals surface area contributed by atoms with Gasteiger partial charge in [-0.05, 0) is 30.5 Å². The molecule has 1 aromatic carbocycles. The Hall–Kier alpha value is -0.870. The second-order valence-electron chi connectivity index (χ2n) is 4.32. The minimum Gasteiger partial charge on any atom is -0.466 e. The van der Waals surface area contributed by atoms with Crippen molar-refractivity contribution in [3.05, 3.63) is 34.3 Å². The van der Waals surface area contributed by atoms with E-state index in [4.69, 9.17) is 9.47 Å². The molecule has 19 heavy (non-hydrogen) atoms. The van der Waals surface area contributed by atoms with E-state index in [9.17, 15) is 4.79 Å². The molecule has 0 aliphatic heterocycles. The molecule has 0 bridgehead atoms. The Morgan fingerprint density at radius 2 is 2.11 bits per heavy atom. The van der Waals surface area contributed by atoms with E-state index in [1.54, 1.807) is 0 Å². The predicted octanol–water partition coefficient (Wildman–Crippen LogP) is 3.74. The number of esters is 1. The van der Waals surface area contributed by atoms with Crippen molar-refractivity contribution >= 4 is 21.9 Å². The average molecular weight is 329 g/mol. The molecule has 1 rings (SSSR count). The van der Waals surface area contributed by atoms with Gasteiger partial charge in [-0.1, -0.05) is 41.4 Å². The van der Waals surface area contributed by atoms with Crippen molar-refractivity contribution in [1.29, 1.82) is 0 Å². The lowest BCUT2D eigenvalue weighted by molar-refractivity contribution is -0.144. The zero-order chi connectivity index (χ0) is 13.9. The van der Waals surface area contributed by atoms with Gasteiger partial charge >= 0.3 is 5.97 Å². The Kier molecular flexibility index (Phi) is 8.50. The number of rotatable bonds is 9. The van der Waals surface area contributed by atoms with Gasteiger partial charge in [0.15, 0.2) is 0 Å². The molecule has 0 unspecified atom stereocenters. The smallest absolute Gasteiger partial charge is 0.308 e. The predicted molar refractivity (Wildman–Crippen MR) is 79.1 cm³/mol. The fourth-order valence-electron chi connectivity index (χ4n) is 1.54. The largest absolute Gasteiger partial charge is 0.466 e. The molecule has 0 aromatic heterocycles. The average Bonchev–Trinajstić information content (AvgIpc) is 2.39. The maximum Gasteiger partial charge on any atom is 0.308 e. The quantitative estimate of drug-likeness (QED) is 0.511. The first-order chi connectivity index (χ1) is 9.22. The summed E-state index contributed by atoms with van der Waals surface area (Å²) in [6.45, 7) is 3.64. The van der Waals surface area contributed by atoms with Gasteiger partial charge in [-0.15, -0.1) is 0 Å². The minimum atomic E-state index is -0.170. The van der Waals surface area contributed by atoms with Gasteiger partial charge < -0.3 is 9.47 Å². The lowest BCUT2D eigenvalue weighted by atomic mass is 10.2. The molecule has 0 fully saturated rings. The Morgan fingerprint density at radius 1 is 1.26 bits per heavy atom. The third-order valence-corrected chi connectivity index (χ3v) is 3.13. The van der Waals surface area contributed by atoms with Crippen molar-refractivity contribution in [3.63, 3.8) is 0 Å². The molecule has 3 nitrogen and oxygen atoms in total. The van der Waals surface area contributed by atoms with Crippen molar-refractivity contribution in [3.8, 4) is 0 Å². The highest BCUT2D eigenvalue weighted by molar-refractivity contribution is 9.10. The maximum atomic E-state index is 11.3. The third-order valence-electron chi connectivity index (χ3n) is 2.64. The first-order valence-corrected chi connectivity index (χ1v) is 7.49. The lowest BCUT2D eigenvalue weighted by Crippen LogP contribution is -2.10. The van der Waals surface area contributed by atoms with Gasteiger partial charge in [0.25, 0.3) is 0 Å². The van der Waals surface area contributed by atoms with E-state index in [0.29, 0.717) is 26.2 Å². The maximum absolute atomic E-state index is 11.3. The number of halogens is 1. The summed E-state index contributed by atoms with van der Waals surface area (Å²) in [5, 5.41) is 0. The number of unbranched alkanes of at least 4 members (excludes halogenated alkanes) is 1. The van der Waals surface area contributed by atoms with Crippen molar-refractivity contribution < 1.29 is 14.3 Å². The molecule has 0 saturated carbocycles. The summed E-state index contributed by atoms with van der Waals surface area (Å²) in [7, 11) is 0. The monoisotopic (exact) mass is 328 g/mol. The second-order valence-corrected chi connectivity index (χ2v) is 5.23. The Labute approximate surface area is 123 Å². The van der Waals surface area contributed by atoms with Crippen LogP contribution in [0.25, 0.3) is 0 Å². The Morgan fingerprint density at radius 3 is 2.84 bits per heavy atom. The van der Waals surface area contributed by atoms with Crippen LogP contribution in [-0.2, 0) is 20.7 Å². The van der Waals surface area contributed by atoms with Crippen molar-refractivity contribution in [2.24, 2.45) is 0 Å². The number of benzene rings is 1. The molecule has 1 aromatic rings. The number of carbonyl (C=O) groups excluding carboxylic acids is 1. The zero-order valence-electron chi connectivity index (χ0n) is 11.4. The van der Waals surface area contributed by atoms with Gasteiger partial charge in [0, 0.05) is 4.47 Å². The summed E-state index contributed by atoms with van der Waals surface area (Å²) in [6, 6.07) is 8.14. The lowest BCUT2D eigenvalue weighted by Gasteiger charge is -2.05. The first-order valence-electron chi connectivity index (χ1n) is 6.70. The fraction of sp³-hybridized carbons (Fsp3) is 0.533. The van der Waals surface area contributed by atoms with Crippen LogP contribution in [0.5, 0.6) is 0 Å². The van der Waals surface area contributed by atoms with E-state index in [-0.39, 0.29) is 5.97 Å². The van der Waals surface area contributed by atoms with E-state index >= 15 is 0 Å². The number of ether oxygens (including phenoxy) is 2. The SMILES string of the molecule is CCCCOC(=O)CCOCCc1cccc(Br)c1. The topological polar surface area (TPSA) is 35.5 Å². The zero-order valence-corrected chi connectivity index (χ0v) is 12.9. The van der Waals surface area contributed by atoms with E-state index in [1.165, 1.54) is 5.56 Å². The highest BCUT2D eigenvalue weighted by Crippen LogP contribution is 2.11. The third kappa shape index (κ3) is 8.01. The van der Waals surface area contributed by atoms with Crippen LogP contribution in [0.2, 0.25) is 0 Å². The van der Waals surface area contributed by atoms with Crippen LogP contribution in [0.15, 0.2) is 28.7 Å². The van der Waals surface area contributed by atoms with Gasteiger partial charge in [0.05, 0.1) is 26.2 Å². The van der Waals surface area contributed by atoms with E-state index in [2.05, 4.69) is 35.0 Å². The highest BCUT2D eigenvalue weighted by Gasteiger charge is 2.02. The molecule has 0 atom stereocenters. The molecule has 0 heterocycles. The van der Waals surface area contributed by atoms with Crippen LogP contribution in [0.3, 0.4) is 0 Å². The molecule has 0 amide bonds. The molecule has 0 saturated heterocycles. The summed E-state index contributed by atoms with van der Waals surface area (Å²) >= 11 is 3.43. The highest BCUT2D eigenvalue weighted by atomic mass is 79.9. The Balaban J connectivity index is 2.03. The van der Waals surface area contributed by atoms with Crippen LogP contribution < -0.4 is 0 Å². The first kappa shape index (κ1) is 16.2. The molecule has 0 aliphatic carbocycles. The van der Waals surface area contributed by atoms with Gasteiger partial charge in [-0.3, -0.25) is 4.79 Å². The minimum absolute atomic E-state index is 0.170. The van der Waals surface area contributed by atoms with Gasteiger partial charge in [-0.25, -0.2) is 0 Å². The molecule has 0 radical (unpaired) electrons. The molecule has 4 heteroatoms. The van der Waals surface area contributed by atoms with Crippen molar-refractivity contribution in [2.45, 2.75) is 32.6 Å². The van der Waals surface area contributed by atoms with E-state index in [1.807, 2.05) is 12.1 Å². The molecule has 0 aliphatic rings. The van der Waals surface area contributed by atoms with Crippen molar-refractivity contribution in [2.75, 3.05) is 19.8 Å². The molecular weight excluding hydrogens is 308 g/mol. The summed E-state index contributed by atoms with van der Waals surface area (Å²) < 4.78 is 11.5. The normalized spacial score (nSPS) is 10.4. The standard InChI is InChI=1S/C15H21BrO3/c1-2-3-9-19-15(17)8-11-18-10-7-13-5-4-6-14(16)12-13/h4-6,12H,2-3,7-11H2,1H3. The van der Waals surface area contributed by atoms with E-state index < -0.39 is 0 Å². The molecule has 0 spiro atoms. The van der Waals surface area contributed by atoms with Crippen molar-refractivity contribution in [1.82, 2.24) is 0 Å². The van der Waals surface area contributed by atoms with Gasteiger partial charge in [0.1, 0.15) is 0 Å². The van der Waals surface area contributed by atoms with Gasteiger partial charge in [0.2, 0.25) is 0 Å². The molecule has 106 valence electrons. The Bertz CT molecular complexity index is 379. The van der Waals surface area contributed by atoms with Gasteiger partial charge in [-0.2, -0.15) is 0 Å². The van der Waals surface area contributed by atoms with Crippen LogP contribution in [0.1, 0.15) is 31.7 Å². The summed E-state index contributed by atoms with van der Waals surface area (Å²) in [4.78, 5) is 11.3. The fourth-order valence-corrected chi connectivity index (χ4v) is 1.99. The summed E-state index contributed by atoms with van der Waals surface area (Å²) in [5.41, 5.74) is 1.22. The van der Waals surface area contributed by atoms with Crippen LogP contribution in [0, 0.1) is 0 Å². The van der Waals surface area contributed by atoms with Crippen LogP contribution in [-0.4, -0.2) is 25.8 Å². The summed E-state index contributed by atoms with van der Waals surface area (Å²) in [6.07, 6.45) is 3.15. The van der Waals surface area contributed by atoms with Crippen LogP contribution in [0.4, 0.5) is 0 Å². The van der Waals surface area contributed by atoms with E-state index in [0.717, 1.165) is 23.7 Å². The second kappa shape index (κ2) is 9.98. The number of carbonyl (C=O) groups is 1. The molecular formula is C15H21BrO3.